The first kappa shape index (κ1) is 29.4. The molecular weight excluding hydrogens is 543 g/mol. The molecule has 0 saturated carbocycles. The molecule has 0 heterocycles. The highest BCUT2D eigenvalue weighted by atomic mass is 35.5. The lowest BCUT2D eigenvalue weighted by molar-refractivity contribution is -0.253. The van der Waals surface area contributed by atoms with Crippen molar-refractivity contribution in [1.29, 1.82) is 0 Å². The highest BCUT2D eigenvalue weighted by Crippen LogP contribution is 2.31. The maximum Gasteiger partial charge on any atom is 0.461 e. The Kier molecular flexibility index (Phi) is 9.72. The fraction of sp³-hybridized carbons (Fsp3) is 0.308. The zero-order chi connectivity index (χ0) is 27.9. The van der Waals surface area contributed by atoms with Crippen molar-refractivity contribution in [3.8, 4) is 17.2 Å². The number of nitrogens with zero attached hydrogens (tertiary/aromatic N) is 1. The lowest BCUT2D eigenvalue weighted by Gasteiger charge is -2.29. The molecule has 0 aliphatic carbocycles. The number of hydrogen-bond donors (Lipinski definition) is 1. The molecule has 0 saturated heterocycles. The van der Waals surface area contributed by atoms with Gasteiger partial charge in [0.25, 0.3) is 0 Å². The molecule has 0 amide bonds. The minimum Gasteiger partial charge on any atom is -0.457 e. The standard InChI is InChI=1S/C26H23ClF7NO3/c27-12-11-17-7-9-20(10-8-17)37-21-5-2-4-19(14-21)35(16-23(36)25(30,31)32)15-18-3-1-6-22(13-18)38-26(33,34)24(28)29/h1-10,13-14,23-24,36H,11-12,15-16H2/t23-/m1/s1. The third-order valence-electron chi connectivity index (χ3n) is 5.28. The van der Waals surface area contributed by atoms with Gasteiger partial charge in [-0.05, 0) is 53.9 Å². The molecule has 4 nitrogen and oxygen atoms in total. The van der Waals surface area contributed by atoms with Crippen molar-refractivity contribution in [2.24, 2.45) is 0 Å². The molecule has 206 valence electrons. The molecule has 0 bridgehead atoms. The third-order valence-corrected chi connectivity index (χ3v) is 5.46. The summed E-state index contributed by atoms with van der Waals surface area (Å²) in [5, 5.41) is 9.72. The maximum atomic E-state index is 13.3. The fourth-order valence-corrected chi connectivity index (χ4v) is 3.63. The van der Waals surface area contributed by atoms with E-state index in [1.165, 1.54) is 30.3 Å². The van der Waals surface area contributed by atoms with E-state index in [1.54, 1.807) is 18.2 Å². The van der Waals surface area contributed by atoms with E-state index in [4.69, 9.17) is 16.3 Å². The highest BCUT2D eigenvalue weighted by Gasteiger charge is 2.44. The van der Waals surface area contributed by atoms with E-state index in [1.807, 2.05) is 12.1 Å². The number of benzene rings is 3. The summed E-state index contributed by atoms with van der Waals surface area (Å²) in [7, 11) is 0. The zero-order valence-electron chi connectivity index (χ0n) is 19.6. The van der Waals surface area contributed by atoms with E-state index in [-0.39, 0.29) is 23.5 Å². The average Bonchev–Trinajstić information content (AvgIpc) is 2.84. The monoisotopic (exact) mass is 565 g/mol. The number of hydrogen-bond acceptors (Lipinski definition) is 4. The fourth-order valence-electron chi connectivity index (χ4n) is 3.42. The third kappa shape index (κ3) is 8.42. The molecular formula is C26H23ClF7NO3. The molecule has 0 radical (unpaired) electrons. The topological polar surface area (TPSA) is 41.9 Å². The summed E-state index contributed by atoms with van der Waals surface area (Å²) in [6.07, 6.45) is -15.8. The molecule has 12 heteroatoms. The second kappa shape index (κ2) is 12.6. The van der Waals surface area contributed by atoms with Gasteiger partial charge in [-0.2, -0.15) is 30.7 Å². The molecule has 0 aliphatic heterocycles. The van der Waals surface area contributed by atoms with Crippen LogP contribution in [0, 0.1) is 0 Å². The van der Waals surface area contributed by atoms with Crippen LogP contribution in [0.1, 0.15) is 11.1 Å². The Bertz CT molecular complexity index is 1180. The van der Waals surface area contributed by atoms with Crippen LogP contribution in [-0.4, -0.2) is 42.3 Å². The summed E-state index contributed by atoms with van der Waals surface area (Å²) >= 11 is 5.73. The lowest BCUT2D eigenvalue weighted by atomic mass is 10.1. The van der Waals surface area contributed by atoms with E-state index in [2.05, 4.69) is 4.74 Å². The number of aliphatic hydroxyl groups is 1. The van der Waals surface area contributed by atoms with Crippen molar-refractivity contribution in [2.45, 2.75) is 37.8 Å². The lowest BCUT2D eigenvalue weighted by Crippen LogP contribution is -2.40. The van der Waals surface area contributed by atoms with E-state index >= 15 is 0 Å². The smallest absolute Gasteiger partial charge is 0.457 e. The summed E-state index contributed by atoms with van der Waals surface area (Å²) in [6, 6.07) is 17.7. The van der Waals surface area contributed by atoms with Crippen LogP contribution in [0.5, 0.6) is 17.2 Å². The van der Waals surface area contributed by atoms with Crippen molar-refractivity contribution in [3.63, 3.8) is 0 Å². The summed E-state index contributed by atoms with van der Waals surface area (Å²) in [4.78, 5) is 1.15. The molecule has 0 fully saturated rings. The van der Waals surface area contributed by atoms with Gasteiger partial charge in [0, 0.05) is 24.2 Å². The van der Waals surface area contributed by atoms with E-state index in [0.29, 0.717) is 18.1 Å². The largest absolute Gasteiger partial charge is 0.461 e. The van der Waals surface area contributed by atoms with E-state index < -0.39 is 37.1 Å². The van der Waals surface area contributed by atoms with Gasteiger partial charge in [0.05, 0.1) is 6.54 Å². The second-order valence-corrected chi connectivity index (χ2v) is 8.61. The Morgan fingerprint density at radius 3 is 2.11 bits per heavy atom. The van der Waals surface area contributed by atoms with Gasteiger partial charge in [0.2, 0.25) is 0 Å². The summed E-state index contributed by atoms with van der Waals surface area (Å²) in [5.74, 6) is 0.602. The highest BCUT2D eigenvalue weighted by molar-refractivity contribution is 6.17. The maximum absolute atomic E-state index is 13.3. The Labute approximate surface area is 219 Å². The molecule has 0 aliphatic rings. The number of alkyl halides is 8. The SMILES string of the molecule is O[C@H](CN(Cc1cccc(OC(F)(F)C(F)F)c1)c1cccc(Oc2ccc(CCCl)cc2)c1)C(F)(F)F. The van der Waals surface area contributed by atoms with Crippen molar-refractivity contribution < 1.29 is 45.3 Å². The van der Waals surface area contributed by atoms with Gasteiger partial charge in [-0.1, -0.05) is 30.3 Å². The number of aryl methyl sites for hydroxylation is 1. The molecule has 38 heavy (non-hydrogen) atoms. The number of anilines is 1. The molecule has 1 N–H and O–H groups in total. The Morgan fingerprint density at radius 2 is 1.47 bits per heavy atom. The molecule has 0 spiro atoms. The quantitative estimate of drug-likeness (QED) is 0.183. The van der Waals surface area contributed by atoms with Crippen LogP contribution in [0.2, 0.25) is 0 Å². The molecule has 3 aromatic carbocycles. The van der Waals surface area contributed by atoms with Gasteiger partial charge >= 0.3 is 18.7 Å². The van der Waals surface area contributed by atoms with Crippen LogP contribution in [0.3, 0.4) is 0 Å². The van der Waals surface area contributed by atoms with Crippen LogP contribution >= 0.6 is 11.6 Å². The van der Waals surface area contributed by atoms with Crippen LogP contribution in [0.4, 0.5) is 36.4 Å². The first-order chi connectivity index (χ1) is 17.9. The van der Waals surface area contributed by atoms with Crippen molar-refractivity contribution in [2.75, 3.05) is 17.3 Å². The van der Waals surface area contributed by atoms with Crippen molar-refractivity contribution >= 4 is 17.3 Å². The van der Waals surface area contributed by atoms with Crippen LogP contribution < -0.4 is 14.4 Å². The first-order valence-corrected chi connectivity index (χ1v) is 11.8. The average molecular weight is 566 g/mol. The Morgan fingerprint density at radius 1 is 0.816 bits per heavy atom. The molecule has 0 aromatic heterocycles. The second-order valence-electron chi connectivity index (χ2n) is 8.23. The number of rotatable bonds is 12. The summed E-state index contributed by atoms with van der Waals surface area (Å²) in [5.41, 5.74) is 1.38. The number of halogens is 8. The van der Waals surface area contributed by atoms with E-state index in [9.17, 15) is 35.8 Å². The predicted octanol–water partition coefficient (Wildman–Crippen LogP) is 7.43. The summed E-state index contributed by atoms with van der Waals surface area (Å²) in [6.45, 7) is -1.21. The number of ether oxygens (including phenoxy) is 2. The minimum absolute atomic E-state index is 0.170. The summed E-state index contributed by atoms with van der Waals surface area (Å²) < 4.78 is 101. The van der Waals surface area contributed by atoms with Gasteiger partial charge in [0.1, 0.15) is 17.2 Å². The van der Waals surface area contributed by atoms with Gasteiger partial charge in [-0.3, -0.25) is 0 Å². The van der Waals surface area contributed by atoms with Gasteiger partial charge in [-0.25, -0.2) is 0 Å². The van der Waals surface area contributed by atoms with Gasteiger partial charge < -0.3 is 19.5 Å². The first-order valence-electron chi connectivity index (χ1n) is 11.2. The van der Waals surface area contributed by atoms with Crippen molar-refractivity contribution in [1.82, 2.24) is 0 Å². The Balaban J connectivity index is 1.85. The van der Waals surface area contributed by atoms with Gasteiger partial charge in [0.15, 0.2) is 6.10 Å². The van der Waals surface area contributed by atoms with E-state index in [0.717, 1.165) is 22.6 Å². The molecule has 0 unspecified atom stereocenters. The minimum atomic E-state index is -4.93. The molecule has 3 rings (SSSR count). The zero-order valence-corrected chi connectivity index (χ0v) is 20.4. The van der Waals surface area contributed by atoms with Crippen LogP contribution in [0.25, 0.3) is 0 Å². The molecule has 1 atom stereocenters. The number of aliphatic hydroxyl groups excluding tert-OH is 1. The van der Waals surface area contributed by atoms with Crippen molar-refractivity contribution in [3.05, 3.63) is 83.9 Å². The van der Waals surface area contributed by atoms with Crippen LogP contribution in [0.15, 0.2) is 72.8 Å². The van der Waals surface area contributed by atoms with Gasteiger partial charge in [-0.15, -0.1) is 11.6 Å². The van der Waals surface area contributed by atoms with Crippen LogP contribution in [-0.2, 0) is 13.0 Å². The Hall–Kier alpha value is -3.18. The normalized spacial score (nSPS) is 12.9. The molecule has 3 aromatic rings. The predicted molar refractivity (Wildman–Crippen MR) is 129 cm³/mol.